The number of hydrogen-bond acceptors (Lipinski definition) is 3. The van der Waals surface area contributed by atoms with Gasteiger partial charge in [0.1, 0.15) is 11.8 Å². The van der Waals surface area contributed by atoms with Gasteiger partial charge in [0.2, 0.25) is 5.91 Å². The van der Waals surface area contributed by atoms with E-state index < -0.39 is 6.04 Å². The molecule has 0 aliphatic carbocycles. The van der Waals surface area contributed by atoms with Crippen molar-refractivity contribution < 1.29 is 14.3 Å². The Hall–Kier alpha value is -2.56. The van der Waals surface area contributed by atoms with Crippen molar-refractivity contribution >= 4 is 22.6 Å². The van der Waals surface area contributed by atoms with Crippen LogP contribution >= 0.6 is 0 Å². The van der Waals surface area contributed by atoms with E-state index in [1.165, 1.54) is 0 Å². The molecule has 1 heterocycles. The normalized spacial score (nSPS) is 18.2. The van der Waals surface area contributed by atoms with E-state index in [1.807, 2.05) is 36.4 Å². The maximum Gasteiger partial charge on any atom is 0.258 e. The van der Waals surface area contributed by atoms with Crippen LogP contribution in [0.1, 0.15) is 17.3 Å². The molecule has 1 fully saturated rings. The van der Waals surface area contributed by atoms with E-state index in [0.717, 1.165) is 10.8 Å². The predicted octanol–water partition coefficient (Wildman–Crippen LogP) is 1.81. The number of benzene rings is 2. The molecule has 0 bridgehead atoms. The number of nitrogens with zero attached hydrogens (tertiary/aromatic N) is 1. The van der Waals surface area contributed by atoms with Crippen LogP contribution in [0, 0.1) is 0 Å². The number of ether oxygens (including phenoxy) is 1. The van der Waals surface area contributed by atoms with Crippen molar-refractivity contribution in [3.05, 3.63) is 42.0 Å². The fourth-order valence-corrected chi connectivity index (χ4v) is 2.77. The van der Waals surface area contributed by atoms with Gasteiger partial charge in [-0.15, -0.1) is 0 Å². The van der Waals surface area contributed by atoms with Crippen LogP contribution in [0.5, 0.6) is 5.75 Å². The van der Waals surface area contributed by atoms with E-state index in [4.69, 9.17) is 4.74 Å². The van der Waals surface area contributed by atoms with Gasteiger partial charge in [-0.3, -0.25) is 9.59 Å². The summed E-state index contributed by atoms with van der Waals surface area (Å²) in [5.41, 5.74) is 0.489. The fourth-order valence-electron chi connectivity index (χ4n) is 2.77. The van der Waals surface area contributed by atoms with Gasteiger partial charge in [0.05, 0.1) is 12.7 Å². The van der Waals surface area contributed by atoms with Crippen LogP contribution in [-0.2, 0) is 4.79 Å². The van der Waals surface area contributed by atoms with Crippen LogP contribution in [0.15, 0.2) is 36.4 Å². The molecule has 2 amide bonds. The topological polar surface area (TPSA) is 58.6 Å². The van der Waals surface area contributed by atoms with Gasteiger partial charge in [0, 0.05) is 13.1 Å². The minimum absolute atomic E-state index is 0.126. The molecule has 1 N–H and O–H groups in total. The average molecular weight is 298 g/mol. The second kappa shape index (κ2) is 5.67. The highest BCUT2D eigenvalue weighted by molar-refractivity contribution is 6.03. The van der Waals surface area contributed by atoms with Crippen LogP contribution in [-0.4, -0.2) is 43.0 Å². The van der Waals surface area contributed by atoms with Crippen molar-refractivity contribution in [1.82, 2.24) is 10.2 Å². The van der Waals surface area contributed by atoms with Gasteiger partial charge in [-0.05, 0) is 29.8 Å². The van der Waals surface area contributed by atoms with E-state index >= 15 is 0 Å². The molecule has 0 saturated carbocycles. The molecule has 0 aromatic heterocycles. The minimum atomic E-state index is -0.475. The van der Waals surface area contributed by atoms with E-state index in [9.17, 15) is 9.59 Å². The summed E-state index contributed by atoms with van der Waals surface area (Å²) in [6, 6.07) is 11.0. The fraction of sp³-hybridized carbons (Fsp3) is 0.294. The third kappa shape index (κ3) is 2.39. The number of nitrogens with one attached hydrogen (secondary N) is 1. The number of carbonyl (C=O) groups excluding carboxylic acids is 2. The summed E-state index contributed by atoms with van der Waals surface area (Å²) >= 11 is 0. The first kappa shape index (κ1) is 14.4. The summed E-state index contributed by atoms with van der Waals surface area (Å²) < 4.78 is 5.38. The maximum absolute atomic E-state index is 12.8. The molecule has 0 radical (unpaired) electrons. The summed E-state index contributed by atoms with van der Waals surface area (Å²) in [4.78, 5) is 26.2. The van der Waals surface area contributed by atoms with Gasteiger partial charge in [0.15, 0.2) is 0 Å². The Morgan fingerprint density at radius 3 is 2.64 bits per heavy atom. The van der Waals surface area contributed by atoms with Gasteiger partial charge in [0.25, 0.3) is 5.91 Å². The lowest BCUT2D eigenvalue weighted by Gasteiger charge is -2.33. The number of methoxy groups -OCH3 is 1. The third-order valence-electron chi connectivity index (χ3n) is 4.06. The molecule has 1 saturated heterocycles. The van der Waals surface area contributed by atoms with Crippen molar-refractivity contribution in [2.45, 2.75) is 13.0 Å². The standard InChI is InChI=1S/C17H18N2O3/c1-11-16(20)18-7-8-19(11)17(21)14-9-12-5-3-4-6-13(12)10-15(14)22-2/h3-6,9-11H,7-8H2,1-2H3,(H,18,20)/t11-/m0/s1. The number of hydrogen-bond donors (Lipinski definition) is 1. The summed E-state index contributed by atoms with van der Waals surface area (Å²) in [7, 11) is 1.55. The molecular weight excluding hydrogens is 280 g/mol. The van der Waals surface area contributed by atoms with Crippen molar-refractivity contribution in [2.75, 3.05) is 20.2 Å². The SMILES string of the molecule is COc1cc2ccccc2cc1C(=O)N1CCNC(=O)[C@@H]1C. The summed E-state index contributed by atoms with van der Waals surface area (Å²) in [5, 5.41) is 4.75. The van der Waals surface area contributed by atoms with E-state index in [-0.39, 0.29) is 11.8 Å². The number of rotatable bonds is 2. The second-order valence-electron chi connectivity index (χ2n) is 5.37. The lowest BCUT2D eigenvalue weighted by Crippen LogP contribution is -2.55. The van der Waals surface area contributed by atoms with Crippen LogP contribution in [0.4, 0.5) is 0 Å². The Balaban J connectivity index is 2.04. The molecule has 3 rings (SSSR count). The molecular formula is C17H18N2O3. The molecule has 114 valence electrons. The quantitative estimate of drug-likeness (QED) is 0.920. The predicted molar refractivity (Wildman–Crippen MR) is 84.0 cm³/mol. The number of carbonyl (C=O) groups is 2. The average Bonchev–Trinajstić information content (AvgIpc) is 2.55. The summed E-state index contributed by atoms with van der Waals surface area (Å²) in [6.07, 6.45) is 0. The zero-order chi connectivity index (χ0) is 15.7. The first-order chi connectivity index (χ1) is 10.6. The van der Waals surface area contributed by atoms with Gasteiger partial charge in [-0.1, -0.05) is 24.3 Å². The van der Waals surface area contributed by atoms with Crippen LogP contribution in [0.25, 0.3) is 10.8 Å². The van der Waals surface area contributed by atoms with Gasteiger partial charge >= 0.3 is 0 Å². The molecule has 0 unspecified atom stereocenters. The monoisotopic (exact) mass is 298 g/mol. The highest BCUT2D eigenvalue weighted by Crippen LogP contribution is 2.27. The maximum atomic E-state index is 12.8. The Morgan fingerprint density at radius 2 is 1.95 bits per heavy atom. The molecule has 22 heavy (non-hydrogen) atoms. The first-order valence-corrected chi connectivity index (χ1v) is 7.27. The summed E-state index contributed by atoms with van der Waals surface area (Å²) in [5.74, 6) is 0.228. The molecule has 1 aliphatic heterocycles. The highest BCUT2D eigenvalue weighted by atomic mass is 16.5. The van der Waals surface area contributed by atoms with E-state index in [2.05, 4.69) is 5.32 Å². The zero-order valence-electron chi connectivity index (χ0n) is 12.6. The minimum Gasteiger partial charge on any atom is -0.496 e. The number of piperazine rings is 1. The van der Waals surface area contributed by atoms with Crippen LogP contribution in [0.2, 0.25) is 0 Å². The number of fused-ring (bicyclic) bond motifs is 1. The first-order valence-electron chi connectivity index (χ1n) is 7.27. The lowest BCUT2D eigenvalue weighted by molar-refractivity contribution is -0.127. The smallest absolute Gasteiger partial charge is 0.258 e. The van der Waals surface area contributed by atoms with Crippen LogP contribution in [0.3, 0.4) is 0 Å². The van der Waals surface area contributed by atoms with Crippen molar-refractivity contribution in [3.63, 3.8) is 0 Å². The van der Waals surface area contributed by atoms with Crippen LogP contribution < -0.4 is 10.1 Å². The third-order valence-corrected chi connectivity index (χ3v) is 4.06. The van der Waals surface area contributed by atoms with Gasteiger partial charge in [-0.25, -0.2) is 0 Å². The number of amides is 2. The molecule has 2 aromatic rings. The van der Waals surface area contributed by atoms with E-state index in [1.54, 1.807) is 18.9 Å². The van der Waals surface area contributed by atoms with Crippen molar-refractivity contribution in [1.29, 1.82) is 0 Å². The second-order valence-corrected chi connectivity index (χ2v) is 5.37. The summed E-state index contributed by atoms with van der Waals surface area (Å²) in [6.45, 7) is 2.71. The largest absolute Gasteiger partial charge is 0.496 e. The highest BCUT2D eigenvalue weighted by Gasteiger charge is 2.31. The molecule has 0 spiro atoms. The van der Waals surface area contributed by atoms with Crippen molar-refractivity contribution in [2.24, 2.45) is 0 Å². The Labute approximate surface area is 128 Å². The van der Waals surface area contributed by atoms with Gasteiger partial charge < -0.3 is 15.0 Å². The Bertz CT molecular complexity index is 742. The van der Waals surface area contributed by atoms with E-state index in [0.29, 0.717) is 24.4 Å². The molecule has 1 aliphatic rings. The van der Waals surface area contributed by atoms with Gasteiger partial charge in [-0.2, -0.15) is 0 Å². The molecule has 5 nitrogen and oxygen atoms in total. The Morgan fingerprint density at radius 1 is 1.27 bits per heavy atom. The van der Waals surface area contributed by atoms with Crippen molar-refractivity contribution in [3.8, 4) is 5.75 Å². The lowest BCUT2D eigenvalue weighted by atomic mass is 10.0. The molecule has 5 heteroatoms. The zero-order valence-corrected chi connectivity index (χ0v) is 12.6. The molecule has 1 atom stereocenters. The molecule has 2 aromatic carbocycles. The Kier molecular flexibility index (Phi) is 3.71.